The molecule has 3 nitrogen and oxygen atoms in total. The van der Waals surface area contributed by atoms with E-state index >= 15 is 0 Å². The molecule has 17 heavy (non-hydrogen) atoms. The number of hydrogen-bond donors (Lipinski definition) is 0. The first kappa shape index (κ1) is 10.5. The minimum Gasteiger partial charge on any atom is -0.289 e. The van der Waals surface area contributed by atoms with E-state index in [4.69, 9.17) is 0 Å². The van der Waals surface area contributed by atoms with Gasteiger partial charge in [0.25, 0.3) is 0 Å². The van der Waals surface area contributed by atoms with Crippen molar-refractivity contribution in [1.29, 1.82) is 0 Å². The molecule has 0 amide bonds. The normalized spacial score (nSPS) is 20.6. The Bertz CT molecular complexity index is 580. The number of aliphatic imine (C=N–C) groups is 1. The van der Waals surface area contributed by atoms with Crippen LogP contribution in [0.4, 0.5) is 0 Å². The molecule has 2 aromatic rings. The average molecular weight is 227 g/mol. The lowest BCUT2D eigenvalue weighted by Gasteiger charge is -2.17. The molecule has 1 aliphatic heterocycles. The molecule has 1 aromatic carbocycles. The van der Waals surface area contributed by atoms with Crippen molar-refractivity contribution in [2.45, 2.75) is 19.8 Å². The summed E-state index contributed by atoms with van der Waals surface area (Å²) in [6.07, 6.45) is 4.42. The van der Waals surface area contributed by atoms with Gasteiger partial charge in [0.1, 0.15) is 0 Å². The first-order chi connectivity index (χ1) is 8.22. The van der Waals surface area contributed by atoms with Crippen LogP contribution in [0.25, 0.3) is 10.9 Å². The van der Waals surface area contributed by atoms with Crippen molar-refractivity contribution in [3.8, 4) is 0 Å². The number of aryl methyl sites for hydroxylation is 1. The summed E-state index contributed by atoms with van der Waals surface area (Å²) in [5.74, 6) is 0.737. The van der Waals surface area contributed by atoms with Gasteiger partial charge in [-0.25, -0.2) is 0 Å². The number of fused-ring (bicyclic) bond motifs is 1. The maximum atomic E-state index is 4.68. The number of nitrogens with zero attached hydrogens (tertiary/aromatic N) is 3. The molecule has 0 saturated heterocycles. The fourth-order valence-corrected chi connectivity index (χ4v) is 2.38. The number of aromatic nitrogens is 2. The first-order valence-electron chi connectivity index (χ1n) is 6.19. The molecule has 0 bridgehead atoms. The highest BCUT2D eigenvalue weighted by Gasteiger charge is 2.13. The summed E-state index contributed by atoms with van der Waals surface area (Å²) in [4.78, 5) is 4.68. The van der Waals surface area contributed by atoms with Crippen LogP contribution >= 0.6 is 0 Å². The van der Waals surface area contributed by atoms with Crippen molar-refractivity contribution in [3.63, 3.8) is 0 Å². The first-order valence-corrected chi connectivity index (χ1v) is 6.19. The van der Waals surface area contributed by atoms with Gasteiger partial charge in [-0.2, -0.15) is 5.10 Å². The second-order valence-corrected chi connectivity index (χ2v) is 5.01. The van der Waals surface area contributed by atoms with Gasteiger partial charge in [0.15, 0.2) is 0 Å². The van der Waals surface area contributed by atoms with Crippen LogP contribution in [0.1, 0.15) is 25.3 Å². The highest BCUT2D eigenvalue weighted by Crippen LogP contribution is 2.20. The van der Waals surface area contributed by atoms with E-state index in [9.17, 15) is 0 Å². The van der Waals surface area contributed by atoms with Crippen LogP contribution in [0, 0.1) is 5.92 Å². The van der Waals surface area contributed by atoms with Gasteiger partial charge in [-0.3, -0.25) is 9.67 Å². The SMILES string of the molecule is C[C@@H]1CCC(c2ccc3nn(C)cc3c2)=NC1. The predicted octanol–water partition coefficient (Wildman–Crippen LogP) is 2.79. The van der Waals surface area contributed by atoms with Crippen molar-refractivity contribution in [2.75, 3.05) is 6.54 Å². The highest BCUT2D eigenvalue weighted by molar-refractivity contribution is 6.03. The van der Waals surface area contributed by atoms with E-state index in [1.54, 1.807) is 0 Å². The smallest absolute Gasteiger partial charge is 0.0923 e. The van der Waals surface area contributed by atoms with Gasteiger partial charge >= 0.3 is 0 Å². The molecule has 3 rings (SSSR count). The summed E-state index contributed by atoms with van der Waals surface area (Å²) >= 11 is 0. The maximum Gasteiger partial charge on any atom is 0.0923 e. The van der Waals surface area contributed by atoms with Crippen LogP contribution in [0.3, 0.4) is 0 Å². The van der Waals surface area contributed by atoms with Crippen LogP contribution in [0.5, 0.6) is 0 Å². The van der Waals surface area contributed by atoms with Crippen LogP contribution < -0.4 is 0 Å². The van der Waals surface area contributed by atoms with E-state index in [1.165, 1.54) is 23.1 Å². The van der Waals surface area contributed by atoms with E-state index in [1.807, 2.05) is 11.7 Å². The standard InChI is InChI=1S/C14H17N3/c1-10-3-5-13(15-8-10)11-4-6-14-12(7-11)9-17(2)16-14/h4,6-7,9-10H,3,5,8H2,1-2H3/t10-/m1/s1. The van der Waals surface area contributed by atoms with Gasteiger partial charge in [0.05, 0.1) is 5.52 Å². The third kappa shape index (κ3) is 1.97. The molecular weight excluding hydrogens is 210 g/mol. The van der Waals surface area contributed by atoms with Crippen molar-refractivity contribution < 1.29 is 0 Å². The van der Waals surface area contributed by atoms with Gasteiger partial charge < -0.3 is 0 Å². The number of benzene rings is 1. The zero-order valence-electron chi connectivity index (χ0n) is 10.3. The minimum absolute atomic E-state index is 0.737. The maximum absolute atomic E-state index is 4.68. The van der Waals surface area contributed by atoms with E-state index < -0.39 is 0 Å². The van der Waals surface area contributed by atoms with Crippen molar-refractivity contribution >= 4 is 16.6 Å². The second kappa shape index (κ2) is 3.99. The second-order valence-electron chi connectivity index (χ2n) is 5.01. The highest BCUT2D eigenvalue weighted by atomic mass is 15.2. The van der Waals surface area contributed by atoms with E-state index in [0.717, 1.165) is 24.4 Å². The Morgan fingerprint density at radius 3 is 3.00 bits per heavy atom. The molecule has 1 atom stereocenters. The Kier molecular flexibility index (Phi) is 2.46. The third-order valence-electron chi connectivity index (χ3n) is 3.42. The molecule has 2 heterocycles. The topological polar surface area (TPSA) is 30.2 Å². The molecule has 1 aromatic heterocycles. The summed E-state index contributed by atoms with van der Waals surface area (Å²) in [7, 11) is 1.96. The summed E-state index contributed by atoms with van der Waals surface area (Å²) in [5, 5.41) is 5.59. The van der Waals surface area contributed by atoms with Gasteiger partial charge in [0, 0.05) is 30.9 Å². The van der Waals surface area contributed by atoms with Crippen molar-refractivity contribution in [2.24, 2.45) is 18.0 Å². The van der Waals surface area contributed by atoms with Crippen LogP contribution in [-0.2, 0) is 7.05 Å². The fraction of sp³-hybridized carbons (Fsp3) is 0.429. The lowest BCUT2D eigenvalue weighted by molar-refractivity contribution is 0.538. The molecule has 0 saturated carbocycles. The largest absolute Gasteiger partial charge is 0.289 e. The Balaban J connectivity index is 2.00. The Hall–Kier alpha value is -1.64. The quantitative estimate of drug-likeness (QED) is 0.736. The van der Waals surface area contributed by atoms with Gasteiger partial charge in [0.2, 0.25) is 0 Å². The minimum atomic E-state index is 0.737. The monoisotopic (exact) mass is 227 g/mol. The molecule has 0 N–H and O–H groups in total. The third-order valence-corrected chi connectivity index (χ3v) is 3.42. The van der Waals surface area contributed by atoms with Crippen molar-refractivity contribution in [3.05, 3.63) is 30.0 Å². The fourth-order valence-electron chi connectivity index (χ4n) is 2.38. The van der Waals surface area contributed by atoms with E-state index in [0.29, 0.717) is 0 Å². The molecular formula is C14H17N3. The lowest BCUT2D eigenvalue weighted by Crippen LogP contribution is -2.14. The summed E-state index contributed by atoms with van der Waals surface area (Å²) in [6.45, 7) is 3.24. The van der Waals surface area contributed by atoms with Gasteiger partial charge in [-0.15, -0.1) is 0 Å². The molecule has 3 heteroatoms. The molecule has 0 aliphatic carbocycles. The molecule has 0 unspecified atom stereocenters. The zero-order valence-corrected chi connectivity index (χ0v) is 10.3. The van der Waals surface area contributed by atoms with Crippen LogP contribution in [-0.4, -0.2) is 22.0 Å². The summed E-state index contributed by atoms with van der Waals surface area (Å²) in [6, 6.07) is 6.44. The molecule has 0 fully saturated rings. The van der Waals surface area contributed by atoms with Gasteiger partial charge in [-0.1, -0.05) is 13.0 Å². The predicted molar refractivity (Wildman–Crippen MR) is 70.5 cm³/mol. The van der Waals surface area contributed by atoms with Crippen LogP contribution in [0.15, 0.2) is 29.4 Å². The Labute approximate surface area is 101 Å². The number of hydrogen-bond acceptors (Lipinski definition) is 2. The van der Waals surface area contributed by atoms with Crippen LogP contribution in [0.2, 0.25) is 0 Å². The lowest BCUT2D eigenvalue weighted by atomic mass is 9.95. The Morgan fingerprint density at radius 2 is 2.24 bits per heavy atom. The molecule has 88 valence electrons. The summed E-state index contributed by atoms with van der Waals surface area (Å²) in [5.41, 5.74) is 3.58. The summed E-state index contributed by atoms with van der Waals surface area (Å²) < 4.78 is 1.86. The average Bonchev–Trinajstić information content (AvgIpc) is 2.69. The molecule has 0 spiro atoms. The zero-order chi connectivity index (χ0) is 11.8. The van der Waals surface area contributed by atoms with Gasteiger partial charge in [-0.05, 0) is 36.5 Å². The van der Waals surface area contributed by atoms with E-state index in [2.05, 4.69) is 41.4 Å². The Morgan fingerprint density at radius 1 is 1.35 bits per heavy atom. The van der Waals surface area contributed by atoms with Crippen molar-refractivity contribution in [1.82, 2.24) is 9.78 Å². The molecule has 0 radical (unpaired) electrons. The van der Waals surface area contributed by atoms with E-state index in [-0.39, 0.29) is 0 Å². The molecule has 1 aliphatic rings. The number of rotatable bonds is 1.